The molecule has 2 fully saturated rings. The molecule has 7 nitrogen and oxygen atoms in total. The number of hydrogen-bond donors (Lipinski definition) is 1. The van der Waals surface area contributed by atoms with Crippen molar-refractivity contribution in [3.63, 3.8) is 0 Å². The van der Waals surface area contributed by atoms with E-state index in [9.17, 15) is 14.4 Å². The number of carbonyl (C=O) groups is 3. The van der Waals surface area contributed by atoms with E-state index in [0.29, 0.717) is 11.5 Å². The van der Waals surface area contributed by atoms with Crippen molar-refractivity contribution in [2.75, 3.05) is 12.4 Å². The van der Waals surface area contributed by atoms with E-state index in [-0.39, 0.29) is 24.5 Å². The van der Waals surface area contributed by atoms with Crippen LogP contribution in [0.2, 0.25) is 0 Å². The molecule has 4 rings (SSSR count). The van der Waals surface area contributed by atoms with E-state index in [1.165, 1.54) is 16.7 Å². The topological polar surface area (TPSA) is 84.9 Å². The summed E-state index contributed by atoms with van der Waals surface area (Å²) in [6.45, 7) is 1.61. The molecule has 2 saturated heterocycles. The molecule has 0 spiro atoms. The van der Waals surface area contributed by atoms with Crippen molar-refractivity contribution in [1.82, 2.24) is 10.2 Å². The molecule has 2 aliphatic heterocycles. The predicted octanol–water partition coefficient (Wildman–Crippen LogP) is 2.57. The summed E-state index contributed by atoms with van der Waals surface area (Å²) >= 11 is 8.06. The lowest BCUT2D eigenvalue weighted by Crippen LogP contribution is -2.78. The summed E-state index contributed by atoms with van der Waals surface area (Å²) in [7, 11) is 0. The van der Waals surface area contributed by atoms with Crippen LogP contribution in [0.1, 0.15) is 12.5 Å². The Bertz CT molecular complexity index is 988. The Kier molecular flexibility index (Phi) is 6.62. The lowest BCUT2D eigenvalue weighted by molar-refractivity contribution is -0.168. The highest BCUT2D eigenvalue weighted by molar-refractivity contribution is 8.00. The van der Waals surface area contributed by atoms with Gasteiger partial charge in [-0.2, -0.15) is 0 Å². The lowest BCUT2D eigenvalue weighted by atomic mass is 9.94. The van der Waals surface area contributed by atoms with Crippen molar-refractivity contribution >= 4 is 41.1 Å². The molecule has 168 valence electrons. The van der Waals surface area contributed by atoms with Gasteiger partial charge in [0.1, 0.15) is 23.8 Å². The van der Waals surface area contributed by atoms with Gasteiger partial charge in [-0.15, -0.1) is 23.4 Å². The monoisotopic (exact) mass is 474 g/mol. The zero-order valence-corrected chi connectivity index (χ0v) is 19.0. The molecule has 0 radical (unpaired) electrons. The number of benzene rings is 2. The molecule has 32 heavy (non-hydrogen) atoms. The fraction of sp³-hybridized carbons (Fsp3) is 0.348. The van der Waals surface area contributed by atoms with Crippen LogP contribution in [0, 0.1) is 0 Å². The maximum absolute atomic E-state index is 12.9. The molecule has 1 N–H and O–H groups in total. The van der Waals surface area contributed by atoms with Crippen LogP contribution in [0.4, 0.5) is 0 Å². The van der Waals surface area contributed by atoms with Crippen LogP contribution in [0.15, 0.2) is 60.7 Å². The number of fused-ring (bicyclic) bond motifs is 1. The second-order valence-corrected chi connectivity index (χ2v) is 9.84. The van der Waals surface area contributed by atoms with Gasteiger partial charge in [-0.25, -0.2) is 4.79 Å². The first kappa shape index (κ1) is 22.5. The van der Waals surface area contributed by atoms with Gasteiger partial charge in [0, 0.05) is 5.75 Å². The number of thioether (sulfide) groups is 1. The molecule has 0 saturated carbocycles. The largest absolute Gasteiger partial charge is 0.484 e. The summed E-state index contributed by atoms with van der Waals surface area (Å²) in [4.78, 5) is 38.5. The third-order valence-electron chi connectivity index (χ3n) is 5.34. The van der Waals surface area contributed by atoms with Crippen molar-refractivity contribution < 1.29 is 23.9 Å². The average Bonchev–Trinajstić information content (AvgIpc) is 2.80. The molecule has 0 aromatic heterocycles. The standard InChI is InChI=1S/C23H23ClN2O5S/c1-23(24)14-32-21-18(25-17(27)13-30-16-10-6-3-7-11-16)20(28)26(21)19(23)22(29)31-12-15-8-4-2-5-9-15/h2-11,18-19,21H,12-14H2,1H3,(H,25,27)/t18?,19?,21-,23?/m1/s1. The molecule has 2 aromatic carbocycles. The Morgan fingerprint density at radius 1 is 1.16 bits per heavy atom. The van der Waals surface area contributed by atoms with Gasteiger partial charge < -0.3 is 19.7 Å². The summed E-state index contributed by atoms with van der Waals surface area (Å²) in [6.07, 6.45) is 0. The number of carbonyl (C=O) groups excluding carboxylic acids is 3. The van der Waals surface area contributed by atoms with E-state index >= 15 is 0 Å². The number of β-lactam (4-membered cyclic amide) rings is 1. The number of nitrogens with one attached hydrogen (secondary N) is 1. The van der Waals surface area contributed by atoms with Gasteiger partial charge in [-0.05, 0) is 24.6 Å². The Morgan fingerprint density at radius 2 is 1.81 bits per heavy atom. The normalized spacial score (nSPS) is 26.5. The number of esters is 1. The SMILES string of the molecule is CC1(Cl)CS[C@@H]2C(NC(=O)COc3ccccc3)C(=O)N2C1C(=O)OCc1ccccc1. The molecular formula is C23H23ClN2O5S. The summed E-state index contributed by atoms with van der Waals surface area (Å²) in [6, 6.07) is 16.6. The quantitative estimate of drug-likeness (QED) is 0.377. The summed E-state index contributed by atoms with van der Waals surface area (Å²) in [5, 5.41) is 2.32. The van der Waals surface area contributed by atoms with Crippen molar-refractivity contribution in [3.05, 3.63) is 66.2 Å². The van der Waals surface area contributed by atoms with Crippen LogP contribution < -0.4 is 10.1 Å². The van der Waals surface area contributed by atoms with E-state index in [4.69, 9.17) is 21.1 Å². The molecular weight excluding hydrogens is 452 g/mol. The van der Waals surface area contributed by atoms with Crippen LogP contribution in [-0.4, -0.2) is 57.4 Å². The Hall–Kier alpha value is -2.71. The van der Waals surface area contributed by atoms with E-state index in [2.05, 4.69) is 5.32 Å². The highest BCUT2D eigenvalue weighted by atomic mass is 35.5. The minimum Gasteiger partial charge on any atom is -0.484 e. The molecule has 0 bridgehead atoms. The fourth-order valence-corrected chi connectivity index (χ4v) is 5.54. The highest BCUT2D eigenvalue weighted by Crippen LogP contribution is 2.45. The number of hydrogen-bond acceptors (Lipinski definition) is 6. The van der Waals surface area contributed by atoms with Crippen LogP contribution in [0.5, 0.6) is 5.75 Å². The van der Waals surface area contributed by atoms with Gasteiger partial charge in [0.15, 0.2) is 12.6 Å². The molecule has 2 heterocycles. The van der Waals surface area contributed by atoms with Gasteiger partial charge >= 0.3 is 5.97 Å². The third-order valence-corrected chi connectivity index (χ3v) is 7.45. The summed E-state index contributed by atoms with van der Waals surface area (Å²) in [5.74, 6) is -0.322. The molecule has 9 heteroatoms. The fourth-order valence-electron chi connectivity index (χ4n) is 3.74. The van der Waals surface area contributed by atoms with Crippen molar-refractivity contribution in [2.24, 2.45) is 0 Å². The predicted molar refractivity (Wildman–Crippen MR) is 121 cm³/mol. The second-order valence-electron chi connectivity index (χ2n) is 7.87. The van der Waals surface area contributed by atoms with E-state index in [1.54, 1.807) is 31.2 Å². The molecule has 3 unspecified atom stereocenters. The molecule has 4 atom stereocenters. The lowest BCUT2D eigenvalue weighted by Gasteiger charge is -2.56. The molecule has 0 aliphatic carbocycles. The number of ether oxygens (including phenoxy) is 2. The minimum absolute atomic E-state index is 0.0972. The first-order chi connectivity index (χ1) is 15.4. The van der Waals surface area contributed by atoms with Gasteiger partial charge in [0.05, 0.1) is 4.87 Å². The van der Waals surface area contributed by atoms with Gasteiger partial charge in [0.25, 0.3) is 5.91 Å². The van der Waals surface area contributed by atoms with Crippen LogP contribution in [0.3, 0.4) is 0 Å². The number of nitrogens with zero attached hydrogens (tertiary/aromatic N) is 1. The average molecular weight is 475 g/mol. The molecule has 2 aromatic rings. The first-order valence-corrected chi connectivity index (χ1v) is 11.6. The molecule has 2 aliphatic rings. The zero-order chi connectivity index (χ0) is 22.7. The number of halogens is 1. The Labute approximate surface area is 195 Å². The number of para-hydroxylation sites is 1. The van der Waals surface area contributed by atoms with Crippen molar-refractivity contribution in [3.8, 4) is 5.75 Å². The van der Waals surface area contributed by atoms with Gasteiger partial charge in [-0.1, -0.05) is 48.5 Å². The van der Waals surface area contributed by atoms with Crippen LogP contribution in [-0.2, 0) is 25.7 Å². The number of rotatable bonds is 7. The maximum Gasteiger partial charge on any atom is 0.331 e. The smallest absolute Gasteiger partial charge is 0.331 e. The Morgan fingerprint density at radius 3 is 2.50 bits per heavy atom. The van der Waals surface area contributed by atoms with Crippen LogP contribution in [0.25, 0.3) is 0 Å². The highest BCUT2D eigenvalue weighted by Gasteiger charge is 2.61. The molecule has 2 amide bonds. The summed E-state index contributed by atoms with van der Waals surface area (Å²) in [5.41, 5.74) is 0.845. The third kappa shape index (κ3) is 4.71. The maximum atomic E-state index is 12.9. The van der Waals surface area contributed by atoms with Gasteiger partial charge in [0.2, 0.25) is 5.91 Å². The minimum atomic E-state index is -0.976. The van der Waals surface area contributed by atoms with E-state index in [0.717, 1.165) is 5.56 Å². The number of alkyl halides is 1. The van der Waals surface area contributed by atoms with Gasteiger partial charge in [-0.3, -0.25) is 9.59 Å². The zero-order valence-electron chi connectivity index (χ0n) is 17.4. The summed E-state index contributed by atoms with van der Waals surface area (Å²) < 4.78 is 10.9. The van der Waals surface area contributed by atoms with Crippen molar-refractivity contribution in [1.29, 1.82) is 0 Å². The Balaban J connectivity index is 1.36. The number of amides is 2. The first-order valence-electron chi connectivity index (χ1n) is 10.2. The van der Waals surface area contributed by atoms with Crippen LogP contribution >= 0.6 is 23.4 Å². The van der Waals surface area contributed by atoms with Crippen molar-refractivity contribution in [2.45, 2.75) is 35.9 Å². The second kappa shape index (κ2) is 9.42. The van der Waals surface area contributed by atoms with E-state index < -0.39 is 28.8 Å². The van der Waals surface area contributed by atoms with E-state index in [1.807, 2.05) is 36.4 Å².